The van der Waals surface area contributed by atoms with Gasteiger partial charge in [0.15, 0.2) is 0 Å². The number of nitrogens with zero attached hydrogens (tertiary/aromatic N) is 1. The molecule has 1 aliphatic carbocycles. The number of fused-ring (bicyclic) bond motifs is 1. The highest BCUT2D eigenvalue weighted by Crippen LogP contribution is 2.49. The summed E-state index contributed by atoms with van der Waals surface area (Å²) < 4.78 is 33.4. The second kappa shape index (κ2) is 10.4. The zero-order valence-corrected chi connectivity index (χ0v) is 21.5. The Labute approximate surface area is 211 Å². The van der Waals surface area contributed by atoms with Crippen LogP contribution in [0, 0.1) is 11.2 Å². The highest BCUT2D eigenvalue weighted by molar-refractivity contribution is 5.73. The van der Waals surface area contributed by atoms with Gasteiger partial charge in [-0.2, -0.15) is 0 Å². The summed E-state index contributed by atoms with van der Waals surface area (Å²) in [5, 5.41) is 17.3. The number of ether oxygens (including phenoxy) is 1. The van der Waals surface area contributed by atoms with Gasteiger partial charge in [-0.1, -0.05) is 32.9 Å². The van der Waals surface area contributed by atoms with Crippen molar-refractivity contribution >= 4 is 5.91 Å². The maximum Gasteiger partial charge on any atom is 0.218 e. The summed E-state index contributed by atoms with van der Waals surface area (Å²) in [4.78, 5) is 16.4. The number of carbonyl (C=O) groups excluding carboxylic acids is 1. The third kappa shape index (κ3) is 6.59. The first-order chi connectivity index (χ1) is 16.9. The third-order valence-electron chi connectivity index (χ3n) is 6.92. The van der Waals surface area contributed by atoms with E-state index in [4.69, 9.17) is 4.74 Å². The summed E-state index contributed by atoms with van der Waals surface area (Å²) in [5.41, 5.74) is 2.32. The molecule has 3 atom stereocenters. The fraction of sp³-hybridized carbons (Fsp3) is 0.571. The number of aliphatic hydroxyl groups is 1. The molecule has 2 heterocycles. The van der Waals surface area contributed by atoms with Crippen molar-refractivity contribution in [3.05, 3.63) is 59.0 Å². The van der Waals surface area contributed by atoms with Crippen LogP contribution < -0.4 is 15.4 Å². The summed E-state index contributed by atoms with van der Waals surface area (Å²) in [6.45, 7) is 8.12. The second-order valence-corrected chi connectivity index (χ2v) is 11.6. The smallest absolute Gasteiger partial charge is 0.218 e. The largest absolute Gasteiger partial charge is 0.471 e. The van der Waals surface area contributed by atoms with Crippen LogP contribution >= 0.6 is 0 Å². The van der Waals surface area contributed by atoms with Crippen LogP contribution in [-0.2, 0) is 17.6 Å². The Balaban J connectivity index is 1.51. The van der Waals surface area contributed by atoms with Crippen molar-refractivity contribution in [1.29, 1.82) is 0 Å². The van der Waals surface area contributed by atoms with Crippen LogP contribution in [0.4, 0.5) is 8.78 Å². The maximum atomic E-state index is 13.8. The quantitative estimate of drug-likeness (QED) is 0.505. The van der Waals surface area contributed by atoms with Gasteiger partial charge < -0.3 is 20.5 Å². The molecule has 1 saturated carbocycles. The first kappa shape index (κ1) is 26.5. The number of hydrogen-bond acceptors (Lipinski definition) is 5. The number of halogens is 2. The number of amides is 1. The first-order valence-electron chi connectivity index (χ1n) is 12.7. The van der Waals surface area contributed by atoms with Gasteiger partial charge in [0.2, 0.25) is 11.8 Å². The Morgan fingerprint density at radius 1 is 1.22 bits per heavy atom. The molecule has 196 valence electrons. The predicted octanol–water partition coefficient (Wildman–Crippen LogP) is 4.20. The Morgan fingerprint density at radius 3 is 2.53 bits per heavy atom. The zero-order chi connectivity index (χ0) is 26.1. The molecule has 4 rings (SSSR count). The second-order valence-electron chi connectivity index (χ2n) is 11.6. The van der Waals surface area contributed by atoms with Gasteiger partial charge in [0.25, 0.3) is 0 Å². The minimum Gasteiger partial charge on any atom is -0.471 e. The number of aliphatic hydroxyl groups excluding tert-OH is 1. The Kier molecular flexibility index (Phi) is 7.67. The van der Waals surface area contributed by atoms with E-state index >= 15 is 0 Å². The van der Waals surface area contributed by atoms with Gasteiger partial charge in [-0.15, -0.1) is 0 Å². The van der Waals surface area contributed by atoms with Gasteiger partial charge in [-0.25, -0.2) is 13.8 Å². The number of pyridine rings is 1. The molecule has 3 N–H and O–H groups in total. The van der Waals surface area contributed by atoms with Gasteiger partial charge in [0.05, 0.1) is 12.1 Å². The van der Waals surface area contributed by atoms with E-state index in [2.05, 4.69) is 42.5 Å². The average Bonchev–Trinajstić information content (AvgIpc) is 2.76. The van der Waals surface area contributed by atoms with Crippen LogP contribution in [0.15, 0.2) is 36.5 Å². The highest BCUT2D eigenvalue weighted by Gasteiger charge is 2.51. The molecule has 8 heteroatoms. The molecule has 1 amide bonds. The minimum atomic E-state index is -0.901. The third-order valence-corrected chi connectivity index (χ3v) is 6.92. The number of benzene rings is 1. The number of hydrogen-bond donors (Lipinski definition) is 3. The van der Waals surface area contributed by atoms with E-state index < -0.39 is 23.9 Å². The highest BCUT2D eigenvalue weighted by atomic mass is 19.1. The lowest BCUT2D eigenvalue weighted by molar-refractivity contribution is -0.120. The van der Waals surface area contributed by atoms with Crippen molar-refractivity contribution in [2.24, 2.45) is 5.41 Å². The topological polar surface area (TPSA) is 83.5 Å². The standard InChI is InChI=1S/C28H37F2N3O3/c1-17(34)33-23(10-18-5-7-20(29)8-6-18)25(35)16-31-24-14-28(12-21(30)13-28)36-26-22(24)9-19(15-32-26)11-27(2,3)4/h5-9,15,21,23-25,31,35H,10-14,16H2,1-4H3,(H,33,34)/t21?,23-,24-,25+,28?/m0/s1. The molecule has 2 aromatic rings. The lowest BCUT2D eigenvalue weighted by Crippen LogP contribution is -2.55. The molecular weight excluding hydrogens is 464 g/mol. The van der Waals surface area contributed by atoms with Crippen molar-refractivity contribution in [3.63, 3.8) is 0 Å². The molecule has 1 spiro atoms. The van der Waals surface area contributed by atoms with Crippen molar-refractivity contribution in [1.82, 2.24) is 15.6 Å². The van der Waals surface area contributed by atoms with Gasteiger partial charge in [0, 0.05) is 50.5 Å². The number of nitrogens with one attached hydrogen (secondary N) is 2. The van der Waals surface area contributed by atoms with Crippen molar-refractivity contribution < 1.29 is 23.4 Å². The van der Waals surface area contributed by atoms with Crippen molar-refractivity contribution in [2.45, 2.75) is 89.8 Å². The zero-order valence-electron chi connectivity index (χ0n) is 21.5. The van der Waals surface area contributed by atoms with Gasteiger partial charge in [-0.05, 0) is 47.6 Å². The lowest BCUT2D eigenvalue weighted by Gasteiger charge is -2.49. The molecule has 36 heavy (non-hydrogen) atoms. The van der Waals surface area contributed by atoms with E-state index in [1.165, 1.54) is 19.1 Å². The van der Waals surface area contributed by atoms with E-state index in [1.54, 1.807) is 12.1 Å². The van der Waals surface area contributed by atoms with Crippen LogP contribution in [0.3, 0.4) is 0 Å². The minimum absolute atomic E-state index is 0.0904. The molecule has 1 fully saturated rings. The van der Waals surface area contributed by atoms with E-state index in [-0.39, 0.29) is 29.7 Å². The molecule has 1 aliphatic heterocycles. The fourth-order valence-corrected chi connectivity index (χ4v) is 5.29. The summed E-state index contributed by atoms with van der Waals surface area (Å²) in [6, 6.07) is 7.39. The summed E-state index contributed by atoms with van der Waals surface area (Å²) in [6.07, 6.45) is 2.50. The number of carbonyl (C=O) groups is 1. The maximum absolute atomic E-state index is 13.8. The molecule has 0 saturated heterocycles. The summed E-state index contributed by atoms with van der Waals surface area (Å²) >= 11 is 0. The number of rotatable bonds is 8. The van der Waals surface area contributed by atoms with E-state index in [0.717, 1.165) is 23.1 Å². The number of aromatic nitrogens is 1. The van der Waals surface area contributed by atoms with Crippen LogP contribution in [0.5, 0.6) is 5.88 Å². The van der Waals surface area contributed by atoms with E-state index in [9.17, 15) is 18.7 Å². The van der Waals surface area contributed by atoms with E-state index in [1.807, 2.05) is 6.20 Å². The molecule has 6 nitrogen and oxygen atoms in total. The monoisotopic (exact) mass is 501 g/mol. The number of alkyl halides is 1. The van der Waals surface area contributed by atoms with Crippen LogP contribution in [0.2, 0.25) is 0 Å². The summed E-state index contributed by atoms with van der Waals surface area (Å²) in [7, 11) is 0. The lowest BCUT2D eigenvalue weighted by atomic mass is 9.72. The Hall–Kier alpha value is -2.58. The normalized spacial score (nSPS) is 24.9. The van der Waals surface area contributed by atoms with Crippen LogP contribution in [0.1, 0.15) is 69.7 Å². The SMILES string of the molecule is CC(=O)N[C@@H](Cc1ccc(F)cc1)[C@H](O)CN[C@H]1CC2(CC(F)C2)Oc2ncc(CC(C)(C)C)cc21. The predicted molar refractivity (Wildman–Crippen MR) is 134 cm³/mol. The average molecular weight is 502 g/mol. The molecule has 1 aromatic carbocycles. The van der Waals surface area contributed by atoms with E-state index in [0.29, 0.717) is 31.6 Å². The van der Waals surface area contributed by atoms with Gasteiger partial charge in [0.1, 0.15) is 17.6 Å². The molecule has 0 unspecified atom stereocenters. The Morgan fingerprint density at radius 2 is 1.92 bits per heavy atom. The molecule has 1 aromatic heterocycles. The van der Waals surface area contributed by atoms with Gasteiger partial charge >= 0.3 is 0 Å². The van der Waals surface area contributed by atoms with Crippen LogP contribution in [-0.4, -0.2) is 46.5 Å². The van der Waals surface area contributed by atoms with Crippen LogP contribution in [0.25, 0.3) is 0 Å². The fourth-order valence-electron chi connectivity index (χ4n) is 5.29. The molecular formula is C28H37F2N3O3. The summed E-state index contributed by atoms with van der Waals surface area (Å²) in [5.74, 6) is -0.0753. The van der Waals surface area contributed by atoms with Crippen molar-refractivity contribution in [3.8, 4) is 5.88 Å². The Bertz CT molecular complexity index is 1060. The van der Waals surface area contributed by atoms with Gasteiger partial charge in [-0.3, -0.25) is 4.79 Å². The first-order valence-corrected chi connectivity index (χ1v) is 12.7. The van der Waals surface area contributed by atoms with Crippen molar-refractivity contribution in [2.75, 3.05) is 6.54 Å². The molecule has 0 bridgehead atoms. The molecule has 2 aliphatic rings. The molecule has 0 radical (unpaired) electrons.